The van der Waals surface area contributed by atoms with Gasteiger partial charge in [-0.2, -0.15) is 4.98 Å². The van der Waals surface area contributed by atoms with Gasteiger partial charge in [-0.1, -0.05) is 5.16 Å². The molecular weight excluding hydrogens is 310 g/mol. The van der Waals surface area contributed by atoms with Crippen LogP contribution in [-0.2, 0) is 17.7 Å². The van der Waals surface area contributed by atoms with E-state index in [1.165, 1.54) is 0 Å². The van der Waals surface area contributed by atoms with Crippen molar-refractivity contribution in [1.82, 2.24) is 20.1 Å². The molecule has 0 atom stereocenters. The highest BCUT2D eigenvalue weighted by Gasteiger charge is 2.30. The summed E-state index contributed by atoms with van der Waals surface area (Å²) >= 11 is 0. The second-order valence-electron chi connectivity index (χ2n) is 6.22. The van der Waals surface area contributed by atoms with Crippen LogP contribution in [-0.4, -0.2) is 52.1 Å². The lowest BCUT2D eigenvalue weighted by atomic mass is 9.80. The Bertz CT molecular complexity index is 684. The first-order valence-electron chi connectivity index (χ1n) is 8.10. The maximum atomic E-state index is 9.50. The summed E-state index contributed by atoms with van der Waals surface area (Å²) in [5.41, 5.74) is 0.987. The van der Waals surface area contributed by atoms with Gasteiger partial charge >= 0.3 is 0 Å². The summed E-state index contributed by atoms with van der Waals surface area (Å²) in [6.07, 6.45) is 1.97. The number of nitrogens with zero attached hydrogens (tertiary/aromatic N) is 5. The molecule has 2 aromatic rings. The van der Waals surface area contributed by atoms with Gasteiger partial charge < -0.3 is 19.3 Å². The minimum absolute atomic E-state index is 0.199. The van der Waals surface area contributed by atoms with Crippen molar-refractivity contribution in [3.8, 4) is 0 Å². The average Bonchev–Trinajstić information content (AvgIpc) is 2.96. The molecule has 130 valence electrons. The van der Waals surface area contributed by atoms with E-state index in [0.717, 1.165) is 30.2 Å². The maximum absolute atomic E-state index is 9.50. The smallest absolute Gasteiger partial charge is 0.246 e. The lowest BCUT2D eigenvalue weighted by molar-refractivity contribution is 0.0731. The summed E-state index contributed by atoms with van der Waals surface area (Å²) in [6, 6.07) is 1.98. The van der Waals surface area contributed by atoms with Gasteiger partial charge in [-0.15, -0.1) is 0 Å². The van der Waals surface area contributed by atoms with Crippen LogP contribution in [0.25, 0.3) is 0 Å². The van der Waals surface area contributed by atoms with E-state index in [1.807, 2.05) is 24.9 Å². The van der Waals surface area contributed by atoms with Crippen LogP contribution in [0.15, 0.2) is 10.6 Å². The first kappa shape index (κ1) is 16.8. The van der Waals surface area contributed by atoms with Gasteiger partial charge in [0.2, 0.25) is 5.89 Å². The summed E-state index contributed by atoms with van der Waals surface area (Å²) in [5, 5.41) is 13.4. The zero-order valence-corrected chi connectivity index (χ0v) is 14.3. The topological polar surface area (TPSA) is 97.4 Å². The molecular formula is C16H23N5O3. The van der Waals surface area contributed by atoms with E-state index in [-0.39, 0.29) is 6.10 Å². The molecule has 1 saturated carbocycles. The van der Waals surface area contributed by atoms with Gasteiger partial charge in [0.1, 0.15) is 11.6 Å². The van der Waals surface area contributed by atoms with E-state index < -0.39 is 0 Å². The second kappa shape index (κ2) is 7.23. The lowest BCUT2D eigenvalue weighted by Crippen LogP contribution is -2.28. The number of hydrogen-bond acceptors (Lipinski definition) is 8. The SMILES string of the molecule is COCCc1noc(CN(C)c2cc(C3CC(O)C3)nc(C)n2)n1. The van der Waals surface area contributed by atoms with Gasteiger partial charge in [-0.25, -0.2) is 9.97 Å². The summed E-state index contributed by atoms with van der Waals surface area (Å²) < 4.78 is 10.3. The Labute approximate surface area is 140 Å². The van der Waals surface area contributed by atoms with Crippen LogP contribution >= 0.6 is 0 Å². The zero-order valence-electron chi connectivity index (χ0n) is 14.3. The molecule has 0 amide bonds. The number of ether oxygens (including phenoxy) is 1. The number of aromatic nitrogens is 4. The standard InChI is InChI=1S/C16H23N5O3/c1-10-17-13(11-6-12(22)7-11)8-15(18-10)21(2)9-16-19-14(20-24-16)4-5-23-3/h8,11-12,22H,4-7,9H2,1-3H3. The van der Waals surface area contributed by atoms with Crippen molar-refractivity contribution in [3.05, 3.63) is 29.3 Å². The fraction of sp³-hybridized carbons (Fsp3) is 0.625. The fourth-order valence-corrected chi connectivity index (χ4v) is 2.74. The van der Waals surface area contributed by atoms with Crippen molar-refractivity contribution in [2.45, 2.75) is 44.8 Å². The number of aliphatic hydroxyl groups is 1. The third-order valence-corrected chi connectivity index (χ3v) is 4.18. The van der Waals surface area contributed by atoms with Crippen molar-refractivity contribution in [2.75, 3.05) is 25.7 Å². The fourth-order valence-electron chi connectivity index (χ4n) is 2.74. The number of hydrogen-bond donors (Lipinski definition) is 1. The second-order valence-corrected chi connectivity index (χ2v) is 6.22. The average molecular weight is 333 g/mol. The molecule has 2 aromatic heterocycles. The van der Waals surface area contributed by atoms with Crippen molar-refractivity contribution in [1.29, 1.82) is 0 Å². The third-order valence-electron chi connectivity index (χ3n) is 4.18. The first-order chi connectivity index (χ1) is 11.5. The number of methoxy groups -OCH3 is 1. The van der Waals surface area contributed by atoms with Crippen LogP contribution in [0.2, 0.25) is 0 Å². The summed E-state index contributed by atoms with van der Waals surface area (Å²) in [6.45, 7) is 2.92. The molecule has 8 nitrogen and oxygen atoms in total. The molecule has 0 saturated heterocycles. The van der Waals surface area contributed by atoms with E-state index in [0.29, 0.717) is 37.2 Å². The molecule has 1 fully saturated rings. The van der Waals surface area contributed by atoms with Crippen LogP contribution < -0.4 is 4.90 Å². The largest absolute Gasteiger partial charge is 0.393 e. The van der Waals surface area contributed by atoms with Crippen LogP contribution in [0, 0.1) is 6.92 Å². The Kier molecular flexibility index (Phi) is 5.06. The van der Waals surface area contributed by atoms with Crippen molar-refractivity contribution >= 4 is 5.82 Å². The highest BCUT2D eigenvalue weighted by molar-refractivity contribution is 5.40. The first-order valence-corrected chi connectivity index (χ1v) is 8.10. The Balaban J connectivity index is 1.68. The van der Waals surface area contributed by atoms with Crippen molar-refractivity contribution in [2.24, 2.45) is 0 Å². The Morgan fingerprint density at radius 2 is 2.12 bits per heavy atom. The van der Waals surface area contributed by atoms with Gasteiger partial charge in [0.05, 0.1) is 19.3 Å². The Hall–Kier alpha value is -2.06. The quantitative estimate of drug-likeness (QED) is 0.808. The molecule has 0 spiro atoms. The molecule has 1 aliphatic carbocycles. The molecule has 0 aromatic carbocycles. The molecule has 2 heterocycles. The van der Waals surface area contributed by atoms with Gasteiger partial charge in [0, 0.05) is 38.3 Å². The van der Waals surface area contributed by atoms with Gasteiger partial charge in [-0.3, -0.25) is 0 Å². The van der Waals surface area contributed by atoms with Gasteiger partial charge in [0.15, 0.2) is 5.82 Å². The van der Waals surface area contributed by atoms with Crippen LogP contribution in [0.5, 0.6) is 0 Å². The third kappa shape index (κ3) is 3.88. The van der Waals surface area contributed by atoms with E-state index in [9.17, 15) is 5.11 Å². The summed E-state index contributed by atoms with van der Waals surface area (Å²) in [7, 11) is 3.57. The van der Waals surface area contributed by atoms with Gasteiger partial charge in [-0.05, 0) is 19.8 Å². The van der Waals surface area contributed by atoms with Crippen molar-refractivity contribution in [3.63, 3.8) is 0 Å². The molecule has 0 radical (unpaired) electrons. The maximum Gasteiger partial charge on any atom is 0.246 e. The molecule has 3 rings (SSSR count). The van der Waals surface area contributed by atoms with Crippen LogP contribution in [0.1, 0.15) is 42.0 Å². The highest BCUT2D eigenvalue weighted by atomic mass is 16.5. The normalized spacial score (nSPS) is 20.0. The lowest BCUT2D eigenvalue weighted by Gasteiger charge is -2.31. The number of aliphatic hydroxyl groups excluding tert-OH is 1. The molecule has 0 bridgehead atoms. The monoisotopic (exact) mass is 333 g/mol. The highest BCUT2D eigenvalue weighted by Crippen LogP contribution is 2.36. The molecule has 8 heteroatoms. The predicted molar refractivity (Wildman–Crippen MR) is 86.7 cm³/mol. The van der Waals surface area contributed by atoms with E-state index in [4.69, 9.17) is 9.26 Å². The Morgan fingerprint density at radius 3 is 2.83 bits per heavy atom. The van der Waals surface area contributed by atoms with E-state index >= 15 is 0 Å². The number of aryl methyl sites for hydroxylation is 1. The molecule has 0 unspecified atom stereocenters. The van der Waals surface area contributed by atoms with Crippen LogP contribution in [0.4, 0.5) is 5.82 Å². The van der Waals surface area contributed by atoms with Crippen LogP contribution in [0.3, 0.4) is 0 Å². The minimum Gasteiger partial charge on any atom is -0.393 e. The molecule has 24 heavy (non-hydrogen) atoms. The molecule has 1 aliphatic rings. The van der Waals surface area contributed by atoms with E-state index in [1.54, 1.807) is 7.11 Å². The predicted octanol–water partition coefficient (Wildman–Crippen LogP) is 1.23. The van der Waals surface area contributed by atoms with Gasteiger partial charge in [0.25, 0.3) is 0 Å². The number of anilines is 1. The van der Waals surface area contributed by atoms with E-state index in [2.05, 4.69) is 20.1 Å². The minimum atomic E-state index is -0.199. The number of rotatable bonds is 7. The Morgan fingerprint density at radius 1 is 1.33 bits per heavy atom. The summed E-state index contributed by atoms with van der Waals surface area (Å²) in [4.78, 5) is 15.3. The zero-order chi connectivity index (χ0) is 17.1. The molecule has 0 aliphatic heterocycles. The molecule has 1 N–H and O–H groups in total. The summed E-state index contributed by atoms with van der Waals surface area (Å²) in [5.74, 6) is 3.04. The van der Waals surface area contributed by atoms with Crippen molar-refractivity contribution < 1.29 is 14.4 Å².